The van der Waals surface area contributed by atoms with E-state index in [4.69, 9.17) is 0 Å². The van der Waals surface area contributed by atoms with E-state index in [1.54, 1.807) is 29.5 Å². The van der Waals surface area contributed by atoms with E-state index in [1.165, 1.54) is 4.88 Å². The lowest BCUT2D eigenvalue weighted by atomic mass is 10.0. The van der Waals surface area contributed by atoms with Crippen LogP contribution >= 0.6 is 11.3 Å². The predicted molar refractivity (Wildman–Crippen MR) is 104 cm³/mol. The van der Waals surface area contributed by atoms with Gasteiger partial charge in [0.1, 0.15) is 12.1 Å². The van der Waals surface area contributed by atoms with Crippen molar-refractivity contribution in [2.24, 2.45) is 0 Å². The summed E-state index contributed by atoms with van der Waals surface area (Å²) in [5, 5.41) is 16.2. The Morgan fingerprint density at radius 1 is 1.08 bits per heavy atom. The van der Waals surface area contributed by atoms with E-state index in [-0.39, 0.29) is 18.0 Å². The zero-order valence-electron chi connectivity index (χ0n) is 14.4. The van der Waals surface area contributed by atoms with Crippen molar-refractivity contribution < 1.29 is 10.1 Å². The summed E-state index contributed by atoms with van der Waals surface area (Å²) < 4.78 is 0. The van der Waals surface area contributed by atoms with Gasteiger partial charge in [-0.05, 0) is 30.5 Å². The van der Waals surface area contributed by atoms with Gasteiger partial charge in [0.2, 0.25) is 0 Å². The minimum Gasteiger partial charge on any atom is -0.326 e. The minimum atomic E-state index is -0.311. The van der Waals surface area contributed by atoms with Gasteiger partial charge in [-0.1, -0.05) is 48.5 Å². The van der Waals surface area contributed by atoms with E-state index in [2.05, 4.69) is 34.9 Å². The summed E-state index contributed by atoms with van der Waals surface area (Å²) in [4.78, 5) is 13.9. The van der Waals surface area contributed by atoms with Crippen molar-refractivity contribution in [3.63, 3.8) is 0 Å². The Bertz CT molecular complexity index is 901. The van der Waals surface area contributed by atoms with Crippen LogP contribution < -0.4 is 10.6 Å². The van der Waals surface area contributed by atoms with Gasteiger partial charge in [-0.15, -0.1) is 11.3 Å². The number of anilines is 1. The fourth-order valence-electron chi connectivity index (χ4n) is 2.81. The molecule has 0 unspecified atom stereocenters. The quantitative estimate of drug-likeness (QED) is 0.706. The van der Waals surface area contributed by atoms with E-state index >= 15 is 0 Å². The van der Waals surface area contributed by atoms with Crippen LogP contribution in [0.1, 0.15) is 29.0 Å². The number of benzene rings is 2. The molecule has 3 aromatic rings. The molecule has 0 aliphatic carbocycles. The average molecular weight is 362 g/mol. The summed E-state index contributed by atoms with van der Waals surface area (Å²) in [5.74, 6) is -0.120. The van der Waals surface area contributed by atoms with Crippen LogP contribution in [0.15, 0.2) is 72.1 Å². The molecule has 1 amide bonds. The highest BCUT2D eigenvalue weighted by atomic mass is 32.1. The van der Waals surface area contributed by atoms with Gasteiger partial charge in [0, 0.05) is 5.56 Å². The molecule has 3 rings (SSSR count). The lowest BCUT2D eigenvalue weighted by molar-refractivity contribution is -0.703. The van der Waals surface area contributed by atoms with Gasteiger partial charge in [0.25, 0.3) is 5.91 Å². The van der Waals surface area contributed by atoms with Crippen LogP contribution in [-0.4, -0.2) is 11.9 Å². The Hall–Kier alpha value is -2.94. The SMILES string of the molecule is C[C@H]([NH2+][C@@H](c1ccccc1)c1cccs1)C(=O)Nc1ccccc1C#N. The lowest BCUT2D eigenvalue weighted by Gasteiger charge is -2.19. The Morgan fingerprint density at radius 3 is 2.50 bits per heavy atom. The van der Waals surface area contributed by atoms with Crippen LogP contribution in [0.2, 0.25) is 0 Å². The zero-order chi connectivity index (χ0) is 18.4. The maximum atomic E-state index is 12.7. The first kappa shape index (κ1) is 17.9. The van der Waals surface area contributed by atoms with Gasteiger partial charge in [-0.3, -0.25) is 4.79 Å². The second kappa shape index (κ2) is 8.43. The fourth-order valence-corrected chi connectivity index (χ4v) is 3.64. The van der Waals surface area contributed by atoms with Gasteiger partial charge in [-0.2, -0.15) is 5.26 Å². The Balaban J connectivity index is 1.77. The molecule has 5 heteroatoms. The predicted octanol–water partition coefficient (Wildman–Crippen LogP) is 3.30. The first-order valence-electron chi connectivity index (χ1n) is 8.42. The summed E-state index contributed by atoms with van der Waals surface area (Å²) in [6.07, 6.45) is 0. The first-order valence-corrected chi connectivity index (χ1v) is 9.30. The molecule has 0 saturated carbocycles. The van der Waals surface area contributed by atoms with Crippen molar-refractivity contribution in [2.45, 2.75) is 19.0 Å². The summed E-state index contributed by atoms with van der Waals surface area (Å²) in [7, 11) is 0. The van der Waals surface area contributed by atoms with Gasteiger partial charge in [0.15, 0.2) is 6.04 Å². The number of amides is 1. The van der Waals surface area contributed by atoms with Crippen molar-refractivity contribution in [1.29, 1.82) is 5.26 Å². The van der Waals surface area contributed by atoms with Crippen molar-refractivity contribution in [3.05, 3.63) is 88.1 Å². The lowest BCUT2D eigenvalue weighted by Crippen LogP contribution is -2.92. The van der Waals surface area contributed by atoms with Crippen molar-refractivity contribution in [3.8, 4) is 6.07 Å². The Morgan fingerprint density at radius 2 is 1.81 bits per heavy atom. The number of thiophene rings is 1. The smallest absolute Gasteiger partial charge is 0.282 e. The molecule has 1 heterocycles. The van der Waals surface area contributed by atoms with Crippen molar-refractivity contribution in [1.82, 2.24) is 0 Å². The van der Waals surface area contributed by atoms with Crippen molar-refractivity contribution in [2.75, 3.05) is 5.32 Å². The molecule has 3 N–H and O–H groups in total. The number of hydrogen-bond donors (Lipinski definition) is 2. The standard InChI is InChI=1S/C21H19N3OS/c1-15(21(25)24-18-11-6-5-10-17(18)14-22)23-20(19-12-7-13-26-19)16-8-3-2-4-9-16/h2-13,15,20,23H,1H3,(H,24,25)/p+1/t15-,20-/m0/s1. The molecule has 0 fully saturated rings. The van der Waals surface area contributed by atoms with Crippen LogP contribution in [0.25, 0.3) is 0 Å². The molecular formula is C21H20N3OS+. The third-order valence-corrected chi connectivity index (χ3v) is 5.16. The Kier molecular flexibility index (Phi) is 5.80. The molecule has 0 bridgehead atoms. The fraction of sp³-hybridized carbons (Fsp3) is 0.143. The molecule has 0 saturated heterocycles. The van der Waals surface area contributed by atoms with E-state index in [1.807, 2.05) is 42.6 Å². The molecule has 2 aromatic carbocycles. The second-order valence-corrected chi connectivity index (χ2v) is 7.01. The van der Waals surface area contributed by atoms with Gasteiger partial charge >= 0.3 is 0 Å². The van der Waals surface area contributed by atoms with Gasteiger partial charge in [-0.25, -0.2) is 0 Å². The number of nitriles is 1. The van der Waals surface area contributed by atoms with Gasteiger partial charge in [0.05, 0.1) is 16.1 Å². The van der Waals surface area contributed by atoms with E-state index < -0.39 is 0 Å². The maximum Gasteiger partial charge on any atom is 0.282 e. The molecule has 2 atom stereocenters. The first-order chi connectivity index (χ1) is 12.7. The topological polar surface area (TPSA) is 69.5 Å². The molecule has 130 valence electrons. The minimum absolute atomic E-state index is 0.0585. The van der Waals surface area contributed by atoms with Crippen LogP contribution in [-0.2, 0) is 4.79 Å². The molecule has 0 spiro atoms. The number of quaternary nitrogens is 1. The third-order valence-electron chi connectivity index (χ3n) is 4.21. The number of rotatable bonds is 6. The number of nitrogens with zero attached hydrogens (tertiary/aromatic N) is 1. The van der Waals surface area contributed by atoms with E-state index in [0.717, 1.165) is 5.56 Å². The molecule has 4 nitrogen and oxygen atoms in total. The highest BCUT2D eigenvalue weighted by molar-refractivity contribution is 7.10. The molecule has 0 aliphatic heterocycles. The van der Waals surface area contributed by atoms with E-state index in [0.29, 0.717) is 11.3 Å². The number of nitrogens with two attached hydrogens (primary N) is 1. The summed E-state index contributed by atoms with van der Waals surface area (Å²) in [5.41, 5.74) is 2.17. The Labute approximate surface area is 157 Å². The zero-order valence-corrected chi connectivity index (χ0v) is 15.2. The number of carbonyl (C=O) groups excluding carboxylic acids is 1. The van der Waals surface area contributed by atoms with Crippen LogP contribution in [0.4, 0.5) is 5.69 Å². The number of para-hydroxylation sites is 1. The molecule has 0 aliphatic rings. The number of nitrogens with one attached hydrogen (secondary N) is 1. The van der Waals surface area contributed by atoms with E-state index in [9.17, 15) is 10.1 Å². The highest BCUT2D eigenvalue weighted by Gasteiger charge is 2.25. The van der Waals surface area contributed by atoms with Crippen LogP contribution in [0.3, 0.4) is 0 Å². The third kappa shape index (κ3) is 4.17. The van der Waals surface area contributed by atoms with Gasteiger partial charge < -0.3 is 10.6 Å². The summed E-state index contributed by atoms with van der Waals surface area (Å²) in [6, 6.07) is 23.2. The number of carbonyl (C=O) groups is 1. The average Bonchev–Trinajstić information content (AvgIpc) is 3.21. The van der Waals surface area contributed by atoms with Crippen molar-refractivity contribution >= 4 is 22.9 Å². The molecule has 26 heavy (non-hydrogen) atoms. The molecule has 0 radical (unpaired) electrons. The molecule has 1 aromatic heterocycles. The monoisotopic (exact) mass is 362 g/mol. The largest absolute Gasteiger partial charge is 0.326 e. The summed E-state index contributed by atoms with van der Waals surface area (Å²) in [6.45, 7) is 1.88. The van der Waals surface area contributed by atoms with Crippen LogP contribution in [0, 0.1) is 11.3 Å². The van der Waals surface area contributed by atoms with Crippen LogP contribution in [0.5, 0.6) is 0 Å². The second-order valence-electron chi connectivity index (χ2n) is 6.03. The highest BCUT2D eigenvalue weighted by Crippen LogP contribution is 2.22. The molecular weight excluding hydrogens is 342 g/mol. The summed E-state index contributed by atoms with van der Waals surface area (Å²) >= 11 is 1.68. The number of hydrogen-bond acceptors (Lipinski definition) is 3. The maximum absolute atomic E-state index is 12.7. The normalized spacial score (nSPS) is 12.8.